The summed E-state index contributed by atoms with van der Waals surface area (Å²) in [5.74, 6) is -0.676. The zero-order chi connectivity index (χ0) is 24.8. The lowest BCUT2D eigenvalue weighted by Gasteiger charge is -2.24. The van der Waals surface area contributed by atoms with Gasteiger partial charge in [0.05, 0.1) is 5.69 Å². The van der Waals surface area contributed by atoms with E-state index in [4.69, 9.17) is 5.73 Å². The Balaban J connectivity index is 2.05. The summed E-state index contributed by atoms with van der Waals surface area (Å²) in [6.45, 7) is 5.96. The van der Waals surface area contributed by atoms with Gasteiger partial charge in [0.15, 0.2) is 11.5 Å². The Hall–Kier alpha value is -3.69. The summed E-state index contributed by atoms with van der Waals surface area (Å²) in [6, 6.07) is 8.52. The minimum atomic E-state index is -0.721. The van der Waals surface area contributed by atoms with Crippen molar-refractivity contribution in [2.45, 2.75) is 65.5 Å². The molecule has 10 nitrogen and oxygen atoms in total. The van der Waals surface area contributed by atoms with Crippen LogP contribution in [0.2, 0.25) is 0 Å². The number of aromatic amines is 1. The fraction of sp³-hybridized carbons (Fsp3) is 0.458. The smallest absolute Gasteiger partial charge is 0.330 e. The van der Waals surface area contributed by atoms with Crippen molar-refractivity contribution < 1.29 is 9.59 Å². The first-order valence-corrected chi connectivity index (χ1v) is 11.7. The Kier molecular flexibility index (Phi) is 8.04. The fourth-order valence-electron chi connectivity index (χ4n) is 3.94. The van der Waals surface area contributed by atoms with Crippen LogP contribution in [0.15, 0.2) is 45.0 Å². The Morgan fingerprint density at radius 3 is 2.44 bits per heavy atom. The van der Waals surface area contributed by atoms with E-state index in [1.807, 2.05) is 44.2 Å². The Bertz CT molecular complexity index is 1180. The predicted molar refractivity (Wildman–Crippen MR) is 133 cm³/mol. The number of rotatable bonds is 10. The lowest BCUT2D eigenvalue weighted by molar-refractivity contribution is -0.118. The van der Waals surface area contributed by atoms with Crippen LogP contribution in [-0.4, -0.2) is 39.5 Å². The van der Waals surface area contributed by atoms with Crippen LogP contribution in [0.4, 0.5) is 17.2 Å². The van der Waals surface area contributed by atoms with Gasteiger partial charge < -0.3 is 5.73 Å². The van der Waals surface area contributed by atoms with Crippen molar-refractivity contribution >= 4 is 34.6 Å². The monoisotopic (exact) mass is 468 g/mol. The molecule has 0 fully saturated rings. The number of amides is 1. The maximum Gasteiger partial charge on any atom is 0.330 e. The van der Waals surface area contributed by atoms with Gasteiger partial charge in [-0.15, -0.1) is 0 Å². The van der Waals surface area contributed by atoms with Gasteiger partial charge in [-0.05, 0) is 31.9 Å². The summed E-state index contributed by atoms with van der Waals surface area (Å²) in [5, 5.41) is 6.03. The molecule has 0 radical (unpaired) electrons. The number of hydrogen-bond acceptors (Lipinski definition) is 7. The average Bonchev–Trinajstić information content (AvgIpc) is 3.27. The summed E-state index contributed by atoms with van der Waals surface area (Å²) in [7, 11) is 0. The first-order valence-electron chi connectivity index (χ1n) is 11.7. The lowest BCUT2D eigenvalue weighted by atomic mass is 10.1. The van der Waals surface area contributed by atoms with Crippen LogP contribution in [-0.2, 0) is 16.1 Å². The Morgan fingerprint density at radius 2 is 1.82 bits per heavy atom. The summed E-state index contributed by atoms with van der Waals surface area (Å²) in [6.07, 6.45) is 3.02. The molecular weight excluding hydrogens is 436 g/mol. The van der Waals surface area contributed by atoms with Crippen molar-refractivity contribution in [2.24, 2.45) is 5.10 Å². The number of Topliss-reactive ketones (excluding diaryl/α,β-unsaturated/α-hetero) is 1. The van der Waals surface area contributed by atoms with Crippen molar-refractivity contribution in [1.29, 1.82) is 0 Å². The molecule has 10 heteroatoms. The highest BCUT2D eigenvalue weighted by Crippen LogP contribution is 2.27. The van der Waals surface area contributed by atoms with Gasteiger partial charge in [0.2, 0.25) is 0 Å². The van der Waals surface area contributed by atoms with Crippen LogP contribution >= 0.6 is 0 Å². The number of para-hydroxylation sites is 1. The molecule has 1 aliphatic rings. The zero-order valence-corrected chi connectivity index (χ0v) is 19.9. The number of nitrogen functional groups attached to an aromatic ring is 1. The Labute approximate surface area is 198 Å². The predicted octanol–water partition coefficient (Wildman–Crippen LogP) is 2.28. The number of nitrogens with zero attached hydrogens (tertiary/aromatic N) is 4. The quantitative estimate of drug-likeness (QED) is 0.549. The SMILES string of the molecule is CCCCN(C(=O)C1=NN(c2ccccc2)C(C(C)=O)C1)c1c(N)n(CCCC)c(=O)[nH]c1=O. The molecule has 1 aromatic carbocycles. The first-order chi connectivity index (χ1) is 16.3. The molecule has 0 spiro atoms. The highest BCUT2D eigenvalue weighted by molar-refractivity contribution is 6.45. The normalized spacial score (nSPS) is 15.3. The Morgan fingerprint density at radius 1 is 1.15 bits per heavy atom. The van der Waals surface area contributed by atoms with E-state index in [0.717, 1.165) is 12.8 Å². The number of hydrogen-bond donors (Lipinski definition) is 2. The largest absolute Gasteiger partial charge is 0.383 e. The molecule has 1 amide bonds. The molecular formula is C24H32N6O4. The van der Waals surface area contributed by atoms with Gasteiger partial charge in [0.25, 0.3) is 11.5 Å². The summed E-state index contributed by atoms with van der Waals surface area (Å²) in [4.78, 5) is 54.8. The first kappa shape index (κ1) is 24.9. The molecule has 1 unspecified atom stereocenters. The topological polar surface area (TPSA) is 134 Å². The molecule has 0 saturated carbocycles. The van der Waals surface area contributed by atoms with Gasteiger partial charge in [-0.3, -0.25) is 33.8 Å². The number of H-pyrrole nitrogens is 1. The number of anilines is 3. The van der Waals surface area contributed by atoms with Crippen molar-refractivity contribution in [3.05, 3.63) is 51.2 Å². The standard InChI is InChI=1S/C24H32N6O4/c1-4-6-13-28(20-21(25)29(14-7-5-2)24(34)26-22(20)32)23(33)18-15-19(16(3)31)30(27-18)17-11-9-8-10-12-17/h8-12,19H,4-7,13-15,25H2,1-3H3,(H,26,32,34). The van der Waals surface area contributed by atoms with Crippen LogP contribution in [0, 0.1) is 0 Å². The minimum Gasteiger partial charge on any atom is -0.383 e. The number of nitrogens with one attached hydrogen (secondary N) is 1. The van der Waals surface area contributed by atoms with E-state index < -0.39 is 23.2 Å². The van der Waals surface area contributed by atoms with E-state index in [1.165, 1.54) is 16.4 Å². The number of nitrogens with two attached hydrogens (primary N) is 1. The molecule has 1 aliphatic heterocycles. The molecule has 1 atom stereocenters. The average molecular weight is 469 g/mol. The number of hydrazone groups is 1. The number of ketones is 1. The highest BCUT2D eigenvalue weighted by Gasteiger charge is 2.37. The number of benzene rings is 1. The molecule has 0 bridgehead atoms. The maximum atomic E-state index is 13.7. The van der Waals surface area contributed by atoms with E-state index in [-0.39, 0.29) is 36.0 Å². The third kappa shape index (κ3) is 5.11. The molecule has 0 saturated heterocycles. The highest BCUT2D eigenvalue weighted by atomic mass is 16.2. The molecule has 1 aromatic heterocycles. The lowest BCUT2D eigenvalue weighted by Crippen LogP contribution is -2.44. The van der Waals surface area contributed by atoms with Gasteiger partial charge in [0.1, 0.15) is 17.6 Å². The molecule has 34 heavy (non-hydrogen) atoms. The molecule has 182 valence electrons. The molecule has 2 aromatic rings. The van der Waals surface area contributed by atoms with E-state index >= 15 is 0 Å². The van der Waals surface area contributed by atoms with Crippen molar-refractivity contribution in [2.75, 3.05) is 22.2 Å². The minimum absolute atomic E-state index is 0.0479. The van der Waals surface area contributed by atoms with Crippen molar-refractivity contribution in [3.63, 3.8) is 0 Å². The summed E-state index contributed by atoms with van der Waals surface area (Å²) < 4.78 is 1.29. The molecule has 2 heterocycles. The second-order valence-electron chi connectivity index (χ2n) is 8.37. The molecule has 0 aliphatic carbocycles. The van der Waals surface area contributed by atoms with Crippen LogP contribution in [0.1, 0.15) is 52.9 Å². The van der Waals surface area contributed by atoms with Crippen molar-refractivity contribution in [3.8, 4) is 0 Å². The molecule has 3 N–H and O–H groups in total. The van der Waals surface area contributed by atoms with E-state index in [2.05, 4.69) is 10.1 Å². The molecule has 3 rings (SSSR count). The van der Waals surface area contributed by atoms with Crippen LogP contribution in [0.3, 0.4) is 0 Å². The number of carbonyl (C=O) groups is 2. The van der Waals surface area contributed by atoms with Gasteiger partial charge in [0, 0.05) is 19.5 Å². The van der Waals surface area contributed by atoms with E-state index in [1.54, 1.807) is 5.01 Å². The third-order valence-corrected chi connectivity index (χ3v) is 5.85. The van der Waals surface area contributed by atoms with Gasteiger partial charge in [-0.2, -0.15) is 5.10 Å². The maximum absolute atomic E-state index is 13.7. The number of aromatic nitrogens is 2. The summed E-state index contributed by atoms with van der Waals surface area (Å²) in [5.41, 5.74) is 5.74. The van der Waals surface area contributed by atoms with Gasteiger partial charge in [-0.25, -0.2) is 4.79 Å². The second-order valence-corrected chi connectivity index (χ2v) is 8.37. The number of carbonyl (C=O) groups excluding carboxylic acids is 2. The fourth-order valence-corrected chi connectivity index (χ4v) is 3.94. The van der Waals surface area contributed by atoms with Crippen LogP contribution in [0.25, 0.3) is 0 Å². The summed E-state index contributed by atoms with van der Waals surface area (Å²) >= 11 is 0. The van der Waals surface area contributed by atoms with Crippen LogP contribution < -0.4 is 26.9 Å². The zero-order valence-electron chi connectivity index (χ0n) is 19.9. The van der Waals surface area contributed by atoms with E-state index in [9.17, 15) is 19.2 Å². The van der Waals surface area contributed by atoms with E-state index in [0.29, 0.717) is 25.1 Å². The number of unbranched alkanes of at least 4 members (excludes halogenated alkanes) is 2. The second kappa shape index (κ2) is 11.0. The van der Waals surface area contributed by atoms with Crippen LogP contribution in [0.5, 0.6) is 0 Å². The van der Waals surface area contributed by atoms with Gasteiger partial charge >= 0.3 is 5.69 Å². The van der Waals surface area contributed by atoms with Crippen molar-refractivity contribution in [1.82, 2.24) is 9.55 Å². The van der Waals surface area contributed by atoms with Gasteiger partial charge in [-0.1, -0.05) is 44.9 Å². The third-order valence-electron chi connectivity index (χ3n) is 5.85.